The zero-order valence-corrected chi connectivity index (χ0v) is 8.26. The van der Waals surface area contributed by atoms with Gasteiger partial charge in [0.15, 0.2) is 0 Å². The Labute approximate surface area is 73.9 Å². The summed E-state index contributed by atoms with van der Waals surface area (Å²) < 4.78 is 4.93. The van der Waals surface area contributed by atoms with E-state index in [-0.39, 0.29) is 6.42 Å². The molecule has 0 aromatic rings. The molecular formula is C8H19NO3. The summed E-state index contributed by atoms with van der Waals surface area (Å²) in [5.41, 5.74) is 0. The number of methoxy groups -OCH3 is 1. The molecule has 0 rings (SSSR count). The molecule has 12 heavy (non-hydrogen) atoms. The molecule has 4 nitrogen and oxygen atoms in total. The Kier molecular flexibility index (Phi) is 12.1. The van der Waals surface area contributed by atoms with E-state index in [4.69, 9.17) is 9.84 Å². The average molecular weight is 177 g/mol. The number of carbonyl (C=O) groups is 1. The van der Waals surface area contributed by atoms with Crippen LogP contribution in [0.15, 0.2) is 0 Å². The van der Waals surface area contributed by atoms with E-state index >= 15 is 0 Å². The van der Waals surface area contributed by atoms with Crippen LogP contribution in [0.5, 0.6) is 0 Å². The zero-order valence-electron chi connectivity index (χ0n) is 8.26. The van der Waals surface area contributed by atoms with E-state index in [1.165, 1.54) is 0 Å². The smallest absolute Gasteiger partial charge is 0.303 e. The average Bonchev–Trinajstić information content (AvgIpc) is 2.06. The summed E-state index contributed by atoms with van der Waals surface area (Å²) in [7, 11) is 3.62. The third-order valence-electron chi connectivity index (χ3n) is 1.20. The van der Waals surface area contributed by atoms with E-state index in [2.05, 4.69) is 5.32 Å². The molecule has 0 aliphatic rings. The van der Waals surface area contributed by atoms with Crippen molar-refractivity contribution in [2.45, 2.75) is 26.4 Å². The van der Waals surface area contributed by atoms with Crippen LogP contribution in [0.25, 0.3) is 0 Å². The maximum absolute atomic E-state index is 9.37. The SMILES string of the molecule is CCC(=O)O.CNCC(C)OC. The molecule has 1 unspecified atom stereocenters. The fraction of sp³-hybridized carbons (Fsp3) is 0.875. The summed E-state index contributed by atoms with van der Waals surface area (Å²) in [4.78, 5) is 9.37. The summed E-state index contributed by atoms with van der Waals surface area (Å²) >= 11 is 0. The first-order chi connectivity index (χ1) is 5.58. The van der Waals surface area contributed by atoms with E-state index in [1.807, 2.05) is 14.0 Å². The van der Waals surface area contributed by atoms with Crippen LogP contribution < -0.4 is 5.32 Å². The van der Waals surface area contributed by atoms with Crippen molar-refractivity contribution in [1.29, 1.82) is 0 Å². The summed E-state index contributed by atoms with van der Waals surface area (Å²) in [6.07, 6.45) is 0.560. The summed E-state index contributed by atoms with van der Waals surface area (Å²) in [6, 6.07) is 0. The number of carboxylic acid groups (broad SMARTS) is 1. The lowest BCUT2D eigenvalue weighted by atomic mass is 10.4. The summed E-state index contributed by atoms with van der Waals surface area (Å²) in [6.45, 7) is 4.55. The van der Waals surface area contributed by atoms with Crippen molar-refractivity contribution < 1.29 is 14.6 Å². The first kappa shape index (κ1) is 13.9. The normalized spacial score (nSPS) is 11.3. The highest BCUT2D eigenvalue weighted by Crippen LogP contribution is 1.80. The minimum atomic E-state index is -0.745. The lowest BCUT2D eigenvalue weighted by Gasteiger charge is -2.05. The molecule has 0 aromatic carbocycles. The Bertz CT molecular complexity index is 106. The molecular weight excluding hydrogens is 158 g/mol. The molecule has 2 N–H and O–H groups in total. The van der Waals surface area contributed by atoms with Crippen LogP contribution in [-0.2, 0) is 9.53 Å². The van der Waals surface area contributed by atoms with Crippen LogP contribution in [0, 0.1) is 0 Å². The van der Waals surface area contributed by atoms with Crippen LogP contribution in [0.3, 0.4) is 0 Å². The highest BCUT2D eigenvalue weighted by atomic mass is 16.5. The predicted octanol–water partition coefficient (Wildman–Crippen LogP) is 0.722. The van der Waals surface area contributed by atoms with Gasteiger partial charge in [0.1, 0.15) is 0 Å². The van der Waals surface area contributed by atoms with E-state index in [9.17, 15) is 4.79 Å². The van der Waals surface area contributed by atoms with Crippen molar-refractivity contribution >= 4 is 5.97 Å². The number of likely N-dealkylation sites (N-methyl/N-ethyl adjacent to an activating group) is 1. The Morgan fingerprint density at radius 1 is 1.67 bits per heavy atom. The lowest BCUT2D eigenvalue weighted by Crippen LogP contribution is -2.21. The highest BCUT2D eigenvalue weighted by Gasteiger charge is 1.92. The molecule has 4 heteroatoms. The van der Waals surface area contributed by atoms with E-state index in [0.717, 1.165) is 6.54 Å². The third-order valence-corrected chi connectivity index (χ3v) is 1.20. The first-order valence-corrected chi connectivity index (χ1v) is 3.97. The minimum absolute atomic E-state index is 0.222. The molecule has 0 saturated heterocycles. The predicted molar refractivity (Wildman–Crippen MR) is 48.3 cm³/mol. The number of aliphatic carboxylic acids is 1. The molecule has 0 spiro atoms. The number of hydrogen-bond donors (Lipinski definition) is 2. The number of ether oxygens (including phenoxy) is 1. The van der Waals surface area contributed by atoms with E-state index in [1.54, 1.807) is 14.0 Å². The van der Waals surface area contributed by atoms with Crippen molar-refractivity contribution in [2.75, 3.05) is 20.7 Å². The van der Waals surface area contributed by atoms with Crippen LogP contribution >= 0.6 is 0 Å². The second kappa shape index (κ2) is 10.4. The lowest BCUT2D eigenvalue weighted by molar-refractivity contribution is -0.136. The van der Waals surface area contributed by atoms with Gasteiger partial charge in [0.05, 0.1) is 6.10 Å². The van der Waals surface area contributed by atoms with Gasteiger partial charge in [-0.25, -0.2) is 0 Å². The largest absolute Gasteiger partial charge is 0.481 e. The van der Waals surface area contributed by atoms with Gasteiger partial charge in [0, 0.05) is 20.1 Å². The molecule has 0 aliphatic heterocycles. The van der Waals surface area contributed by atoms with Crippen molar-refractivity contribution in [3.8, 4) is 0 Å². The van der Waals surface area contributed by atoms with Gasteiger partial charge in [-0.05, 0) is 14.0 Å². The van der Waals surface area contributed by atoms with Gasteiger partial charge in [-0.1, -0.05) is 6.92 Å². The van der Waals surface area contributed by atoms with Gasteiger partial charge in [-0.15, -0.1) is 0 Å². The second-order valence-corrected chi connectivity index (χ2v) is 2.35. The van der Waals surface area contributed by atoms with Crippen LogP contribution in [0.4, 0.5) is 0 Å². The zero-order chi connectivity index (χ0) is 9.98. The molecule has 74 valence electrons. The molecule has 0 fully saturated rings. The molecule has 0 aliphatic carbocycles. The van der Waals surface area contributed by atoms with Crippen molar-refractivity contribution in [2.24, 2.45) is 0 Å². The summed E-state index contributed by atoms with van der Waals surface area (Å²) in [5.74, 6) is -0.745. The second-order valence-electron chi connectivity index (χ2n) is 2.35. The Morgan fingerprint density at radius 2 is 2.08 bits per heavy atom. The standard InChI is InChI=1S/C5H13NO.C3H6O2/c1-5(7-3)4-6-2;1-2-3(4)5/h5-6H,4H2,1-3H3;2H2,1H3,(H,4,5). The van der Waals surface area contributed by atoms with Gasteiger partial charge >= 0.3 is 5.97 Å². The minimum Gasteiger partial charge on any atom is -0.481 e. The Hall–Kier alpha value is -0.610. The molecule has 0 amide bonds. The number of hydrogen-bond acceptors (Lipinski definition) is 3. The van der Waals surface area contributed by atoms with Crippen molar-refractivity contribution in [3.63, 3.8) is 0 Å². The fourth-order valence-electron chi connectivity index (χ4n) is 0.371. The van der Waals surface area contributed by atoms with Crippen LogP contribution in [0.2, 0.25) is 0 Å². The van der Waals surface area contributed by atoms with Gasteiger partial charge in [0.25, 0.3) is 0 Å². The maximum Gasteiger partial charge on any atom is 0.303 e. The maximum atomic E-state index is 9.37. The first-order valence-electron chi connectivity index (χ1n) is 3.97. The third kappa shape index (κ3) is 16.2. The van der Waals surface area contributed by atoms with Crippen LogP contribution in [0.1, 0.15) is 20.3 Å². The van der Waals surface area contributed by atoms with Gasteiger partial charge in [-0.3, -0.25) is 4.79 Å². The van der Waals surface area contributed by atoms with Gasteiger partial charge in [-0.2, -0.15) is 0 Å². The van der Waals surface area contributed by atoms with E-state index < -0.39 is 5.97 Å². The molecule has 0 radical (unpaired) electrons. The molecule has 0 saturated carbocycles. The molecule has 1 atom stereocenters. The Morgan fingerprint density at radius 3 is 2.17 bits per heavy atom. The van der Waals surface area contributed by atoms with Crippen LogP contribution in [-0.4, -0.2) is 37.9 Å². The number of carboxylic acids is 1. The highest BCUT2D eigenvalue weighted by molar-refractivity contribution is 5.66. The quantitative estimate of drug-likeness (QED) is 0.664. The van der Waals surface area contributed by atoms with Crippen molar-refractivity contribution in [1.82, 2.24) is 5.32 Å². The molecule has 0 aromatic heterocycles. The topological polar surface area (TPSA) is 58.6 Å². The number of rotatable bonds is 4. The molecule has 0 bridgehead atoms. The molecule has 0 heterocycles. The number of nitrogens with one attached hydrogen (secondary N) is 1. The van der Waals surface area contributed by atoms with Gasteiger partial charge in [0.2, 0.25) is 0 Å². The summed E-state index contributed by atoms with van der Waals surface area (Å²) in [5, 5.41) is 10.7. The van der Waals surface area contributed by atoms with Gasteiger partial charge < -0.3 is 15.2 Å². The van der Waals surface area contributed by atoms with E-state index in [0.29, 0.717) is 6.10 Å². The Balaban J connectivity index is 0. The monoisotopic (exact) mass is 177 g/mol. The van der Waals surface area contributed by atoms with Crippen molar-refractivity contribution in [3.05, 3.63) is 0 Å². The fourth-order valence-corrected chi connectivity index (χ4v) is 0.371.